The lowest BCUT2D eigenvalue weighted by Gasteiger charge is -2.40. The third-order valence-corrected chi connectivity index (χ3v) is 9.85. The molecule has 0 aliphatic carbocycles. The molecule has 0 spiro atoms. The molecule has 2 unspecified atom stereocenters. The van der Waals surface area contributed by atoms with E-state index in [0.717, 1.165) is 69.4 Å². The zero-order chi connectivity index (χ0) is 31.5. The molecule has 3 amide bonds. The van der Waals surface area contributed by atoms with Gasteiger partial charge in [-0.3, -0.25) is 19.3 Å². The molecule has 1 aromatic carbocycles. The summed E-state index contributed by atoms with van der Waals surface area (Å²) in [5, 5.41) is 9.88. The van der Waals surface area contributed by atoms with E-state index in [1.165, 1.54) is 0 Å². The van der Waals surface area contributed by atoms with Gasteiger partial charge in [-0.1, -0.05) is 13.8 Å². The summed E-state index contributed by atoms with van der Waals surface area (Å²) in [7, 11) is 0. The van der Waals surface area contributed by atoms with E-state index in [4.69, 9.17) is 10.7 Å². The summed E-state index contributed by atoms with van der Waals surface area (Å²) in [6.45, 7) is 12.3. The molecule has 3 aliphatic rings. The average molecular weight is 604 g/mol. The van der Waals surface area contributed by atoms with Crippen molar-refractivity contribution in [3.63, 3.8) is 0 Å². The van der Waals surface area contributed by atoms with Gasteiger partial charge in [-0.15, -0.1) is 0 Å². The van der Waals surface area contributed by atoms with Crippen LogP contribution in [-0.2, 0) is 0 Å². The third-order valence-electron chi connectivity index (χ3n) is 9.85. The summed E-state index contributed by atoms with van der Waals surface area (Å²) in [6.07, 6.45) is 8.21. The standard InChI is InChI=1S/C34H49N7O3/c1-6-23(7-2)37-30-17-28(21(5)14-29(30)32(35)42)34(44)39-25-15-26-9-10-27(16-25)41(26)31-11-8-22(18-36-31)33(43)38-24-12-13-40(19-24)20(3)4/h8,11,14,17-18,20,23-27,37H,6-7,9-10,12-13,15-16,19H2,1-5H3,(H2,35,42)(H,38,43)(H,39,44)/t24-,25?,26?,27?/m1/s1. The number of nitrogens with one attached hydrogen (secondary N) is 3. The van der Waals surface area contributed by atoms with E-state index < -0.39 is 5.91 Å². The van der Waals surface area contributed by atoms with Crippen molar-refractivity contribution in [2.45, 2.75) is 116 Å². The number of fused-ring (bicyclic) bond motifs is 2. The van der Waals surface area contributed by atoms with Gasteiger partial charge in [0.25, 0.3) is 17.7 Å². The molecule has 44 heavy (non-hydrogen) atoms. The summed E-state index contributed by atoms with van der Waals surface area (Å²) >= 11 is 0. The highest BCUT2D eigenvalue weighted by atomic mass is 16.2. The maximum Gasteiger partial charge on any atom is 0.253 e. The molecule has 238 valence electrons. The second kappa shape index (κ2) is 13.5. The number of aryl methyl sites for hydroxylation is 1. The quantitative estimate of drug-likeness (QED) is 0.302. The van der Waals surface area contributed by atoms with E-state index >= 15 is 0 Å². The van der Waals surface area contributed by atoms with Crippen molar-refractivity contribution in [1.29, 1.82) is 0 Å². The molecule has 2 aromatic rings. The van der Waals surface area contributed by atoms with Crippen LogP contribution in [-0.4, -0.2) is 76.9 Å². The van der Waals surface area contributed by atoms with Crippen LogP contribution in [0.4, 0.5) is 11.5 Å². The van der Waals surface area contributed by atoms with Crippen molar-refractivity contribution >= 4 is 29.2 Å². The molecule has 0 saturated carbocycles. The van der Waals surface area contributed by atoms with Crippen LogP contribution in [0.1, 0.15) is 109 Å². The number of rotatable bonds is 11. The molecule has 3 atom stereocenters. The monoisotopic (exact) mass is 603 g/mol. The van der Waals surface area contributed by atoms with Gasteiger partial charge in [0.1, 0.15) is 5.82 Å². The molecule has 10 nitrogen and oxygen atoms in total. The minimum Gasteiger partial charge on any atom is -0.382 e. The molecular formula is C34H49N7O3. The number of hydrogen-bond acceptors (Lipinski definition) is 7. The van der Waals surface area contributed by atoms with Crippen LogP contribution >= 0.6 is 0 Å². The first-order chi connectivity index (χ1) is 21.1. The second-order valence-electron chi connectivity index (χ2n) is 13.1. The predicted molar refractivity (Wildman–Crippen MR) is 174 cm³/mol. The van der Waals surface area contributed by atoms with E-state index in [2.05, 4.69) is 53.4 Å². The normalized spacial score (nSPS) is 23.3. The number of amides is 3. The summed E-state index contributed by atoms with van der Waals surface area (Å²) in [6, 6.07) is 8.79. The fraction of sp³-hybridized carbons (Fsp3) is 0.588. The lowest BCUT2D eigenvalue weighted by atomic mass is 9.95. The molecule has 3 fully saturated rings. The van der Waals surface area contributed by atoms with Gasteiger partial charge < -0.3 is 26.6 Å². The van der Waals surface area contributed by atoms with E-state index in [9.17, 15) is 14.4 Å². The van der Waals surface area contributed by atoms with E-state index in [1.807, 2.05) is 19.1 Å². The minimum atomic E-state index is -0.508. The van der Waals surface area contributed by atoms with E-state index in [1.54, 1.807) is 18.3 Å². The average Bonchev–Trinajstić information content (AvgIpc) is 3.58. The number of pyridine rings is 1. The Balaban J connectivity index is 1.21. The van der Waals surface area contributed by atoms with Gasteiger partial charge in [0.15, 0.2) is 0 Å². The molecule has 1 aromatic heterocycles. The van der Waals surface area contributed by atoms with Crippen molar-refractivity contribution in [3.8, 4) is 0 Å². The molecule has 5 rings (SSSR count). The first-order valence-electron chi connectivity index (χ1n) is 16.4. The van der Waals surface area contributed by atoms with Crippen molar-refractivity contribution < 1.29 is 14.4 Å². The Morgan fingerprint density at radius 2 is 1.64 bits per heavy atom. The molecule has 5 N–H and O–H groups in total. The topological polar surface area (TPSA) is 133 Å². The third kappa shape index (κ3) is 6.85. The molecule has 3 saturated heterocycles. The highest BCUT2D eigenvalue weighted by molar-refractivity contribution is 6.03. The van der Waals surface area contributed by atoms with Crippen molar-refractivity contribution in [2.75, 3.05) is 23.3 Å². The number of nitrogens with zero attached hydrogens (tertiary/aromatic N) is 3. The number of nitrogens with two attached hydrogens (primary N) is 1. The Morgan fingerprint density at radius 3 is 2.20 bits per heavy atom. The highest BCUT2D eigenvalue weighted by Crippen LogP contribution is 2.39. The molecule has 10 heteroatoms. The Labute approximate surface area is 261 Å². The number of carbonyl (C=O) groups is 3. The predicted octanol–water partition coefficient (Wildman–Crippen LogP) is 4.23. The fourth-order valence-electron chi connectivity index (χ4n) is 7.24. The Hall–Kier alpha value is -3.66. The van der Waals surface area contributed by atoms with Gasteiger partial charge in [0, 0.05) is 66.8 Å². The van der Waals surface area contributed by atoms with Crippen LogP contribution in [0.5, 0.6) is 0 Å². The van der Waals surface area contributed by atoms with E-state index in [0.29, 0.717) is 28.4 Å². The van der Waals surface area contributed by atoms with Gasteiger partial charge in [-0.05, 0) is 95.5 Å². The van der Waals surface area contributed by atoms with Crippen LogP contribution in [0.3, 0.4) is 0 Å². The van der Waals surface area contributed by atoms with Crippen LogP contribution in [0.25, 0.3) is 0 Å². The summed E-state index contributed by atoms with van der Waals surface area (Å²) in [5.41, 5.74) is 8.56. The Bertz CT molecular complexity index is 1340. The number of aromatic nitrogens is 1. The van der Waals surface area contributed by atoms with Crippen LogP contribution in [0, 0.1) is 6.92 Å². The summed E-state index contributed by atoms with van der Waals surface area (Å²) < 4.78 is 0. The SMILES string of the molecule is CCC(CC)Nc1cc(C(=O)NC2CC3CCC(C2)N3c2ccc(C(=O)N[C@@H]3CCN(C(C)C)C3)cn2)c(C)cc1C(N)=O. The van der Waals surface area contributed by atoms with Crippen molar-refractivity contribution in [2.24, 2.45) is 5.73 Å². The summed E-state index contributed by atoms with van der Waals surface area (Å²) in [5.74, 6) is 0.185. The van der Waals surface area contributed by atoms with Gasteiger partial charge in [-0.25, -0.2) is 4.98 Å². The maximum absolute atomic E-state index is 13.5. The Morgan fingerprint density at radius 1 is 0.955 bits per heavy atom. The van der Waals surface area contributed by atoms with Crippen molar-refractivity contribution in [3.05, 3.63) is 52.7 Å². The molecule has 3 aliphatic heterocycles. The zero-order valence-corrected chi connectivity index (χ0v) is 26.9. The maximum atomic E-state index is 13.5. The number of piperidine rings is 1. The van der Waals surface area contributed by atoms with Gasteiger partial charge in [0.05, 0.1) is 11.1 Å². The Kier molecular flexibility index (Phi) is 9.78. The largest absolute Gasteiger partial charge is 0.382 e. The molecular weight excluding hydrogens is 554 g/mol. The molecule has 0 radical (unpaired) electrons. The minimum absolute atomic E-state index is 0.0452. The van der Waals surface area contributed by atoms with Gasteiger partial charge in [-0.2, -0.15) is 0 Å². The number of hydrogen-bond donors (Lipinski definition) is 4. The number of likely N-dealkylation sites (tertiary alicyclic amines) is 1. The highest BCUT2D eigenvalue weighted by Gasteiger charge is 2.42. The zero-order valence-electron chi connectivity index (χ0n) is 26.9. The second-order valence-corrected chi connectivity index (χ2v) is 13.1. The lowest BCUT2D eigenvalue weighted by Crippen LogP contribution is -2.51. The number of carbonyl (C=O) groups excluding carboxylic acids is 3. The fourth-order valence-corrected chi connectivity index (χ4v) is 7.24. The first-order valence-corrected chi connectivity index (χ1v) is 16.4. The smallest absolute Gasteiger partial charge is 0.253 e. The first kappa shape index (κ1) is 31.8. The van der Waals surface area contributed by atoms with Crippen molar-refractivity contribution in [1.82, 2.24) is 20.5 Å². The van der Waals surface area contributed by atoms with E-state index in [-0.39, 0.29) is 42.0 Å². The van der Waals surface area contributed by atoms with Crippen LogP contribution < -0.4 is 26.6 Å². The van der Waals surface area contributed by atoms with Gasteiger partial charge >= 0.3 is 0 Å². The summed E-state index contributed by atoms with van der Waals surface area (Å²) in [4.78, 5) is 48.1. The molecule has 2 bridgehead atoms. The number of anilines is 2. The number of benzene rings is 1. The molecule has 4 heterocycles. The lowest BCUT2D eigenvalue weighted by molar-refractivity contribution is 0.0921. The van der Waals surface area contributed by atoms with Gasteiger partial charge in [0.2, 0.25) is 0 Å². The van der Waals surface area contributed by atoms with Crippen LogP contribution in [0.15, 0.2) is 30.5 Å². The number of primary amides is 1. The van der Waals surface area contributed by atoms with Crippen LogP contribution in [0.2, 0.25) is 0 Å².